The zero-order valence-corrected chi connectivity index (χ0v) is 18.1. The predicted molar refractivity (Wildman–Crippen MR) is 115 cm³/mol. The van der Waals surface area contributed by atoms with Gasteiger partial charge in [-0.1, -0.05) is 24.3 Å². The van der Waals surface area contributed by atoms with Crippen molar-refractivity contribution in [1.29, 1.82) is 0 Å². The molecule has 0 saturated heterocycles. The van der Waals surface area contributed by atoms with Crippen LogP contribution in [-0.4, -0.2) is 51.8 Å². The number of thiazole rings is 1. The molecule has 0 saturated carbocycles. The molecule has 2 heterocycles. The smallest absolute Gasteiger partial charge is 0.194 e. The van der Waals surface area contributed by atoms with Gasteiger partial charge in [0.25, 0.3) is 0 Å². The van der Waals surface area contributed by atoms with Gasteiger partial charge < -0.3 is 15.0 Å². The molecule has 0 amide bonds. The molecular weight excluding hydrogens is 386 g/mol. The molecule has 3 aromatic rings. The van der Waals surface area contributed by atoms with Crippen LogP contribution in [0.25, 0.3) is 0 Å². The van der Waals surface area contributed by atoms with Gasteiger partial charge in [-0.05, 0) is 18.1 Å². The number of aliphatic imine (C=N–C) groups is 1. The topological polar surface area (TPSA) is 80.5 Å². The third-order valence-corrected chi connectivity index (χ3v) is 5.55. The Bertz CT molecular complexity index is 923. The first-order valence-corrected chi connectivity index (χ1v) is 10.3. The van der Waals surface area contributed by atoms with Crippen molar-refractivity contribution in [2.24, 2.45) is 4.99 Å². The van der Waals surface area contributed by atoms with Crippen LogP contribution in [0.5, 0.6) is 0 Å². The molecule has 2 aromatic heterocycles. The standard InChI is InChI=1S/C20H27N7OS/c1-15(28-4)19-25-18(12-29-19)11-26(3)20(21-2)23-9-16-6-5-7-17(8-16)10-27-14-22-13-24-27/h5-8,12-15H,9-11H2,1-4H3,(H,21,23). The summed E-state index contributed by atoms with van der Waals surface area (Å²) in [5, 5.41) is 10.6. The number of guanidine groups is 1. The lowest BCUT2D eigenvalue weighted by Gasteiger charge is -2.21. The van der Waals surface area contributed by atoms with Gasteiger partial charge in [-0.2, -0.15) is 5.10 Å². The van der Waals surface area contributed by atoms with E-state index in [0.717, 1.165) is 16.7 Å². The third-order valence-electron chi connectivity index (χ3n) is 4.50. The van der Waals surface area contributed by atoms with Crippen LogP contribution in [0.4, 0.5) is 0 Å². The fourth-order valence-electron chi connectivity index (χ4n) is 2.91. The quantitative estimate of drug-likeness (QED) is 0.452. The zero-order valence-electron chi connectivity index (χ0n) is 17.2. The summed E-state index contributed by atoms with van der Waals surface area (Å²) in [5.41, 5.74) is 3.37. The minimum atomic E-state index is 0.0151. The van der Waals surface area contributed by atoms with Crippen molar-refractivity contribution in [3.05, 3.63) is 64.1 Å². The number of nitrogens with zero attached hydrogens (tertiary/aromatic N) is 6. The maximum atomic E-state index is 5.34. The average molecular weight is 414 g/mol. The summed E-state index contributed by atoms with van der Waals surface area (Å²) in [5.74, 6) is 0.820. The molecule has 1 aromatic carbocycles. The highest BCUT2D eigenvalue weighted by Gasteiger charge is 2.12. The number of ether oxygens (including phenoxy) is 1. The fourth-order valence-corrected chi connectivity index (χ4v) is 3.75. The summed E-state index contributed by atoms with van der Waals surface area (Å²) in [4.78, 5) is 15.1. The Balaban J connectivity index is 1.56. The minimum Gasteiger partial charge on any atom is -0.375 e. The number of aromatic nitrogens is 4. The SMILES string of the molecule is CN=C(NCc1cccc(Cn2cncn2)c1)N(C)Cc1csc(C(C)OC)n1. The predicted octanol–water partition coefficient (Wildman–Crippen LogP) is 2.70. The van der Waals surface area contributed by atoms with E-state index >= 15 is 0 Å². The van der Waals surface area contributed by atoms with E-state index in [2.05, 4.69) is 59.9 Å². The van der Waals surface area contributed by atoms with Gasteiger partial charge >= 0.3 is 0 Å². The van der Waals surface area contributed by atoms with E-state index in [1.807, 2.05) is 18.7 Å². The fraction of sp³-hybridized carbons (Fsp3) is 0.400. The van der Waals surface area contributed by atoms with E-state index in [1.54, 1.807) is 38.1 Å². The van der Waals surface area contributed by atoms with Crippen molar-refractivity contribution in [1.82, 2.24) is 30.0 Å². The Hall–Kier alpha value is -2.78. The highest BCUT2D eigenvalue weighted by Crippen LogP contribution is 2.20. The van der Waals surface area contributed by atoms with Crippen LogP contribution in [0.2, 0.25) is 0 Å². The van der Waals surface area contributed by atoms with Crippen molar-refractivity contribution in [3.8, 4) is 0 Å². The second kappa shape index (κ2) is 10.1. The molecule has 0 aliphatic heterocycles. The van der Waals surface area contributed by atoms with Crippen molar-refractivity contribution in [3.63, 3.8) is 0 Å². The molecule has 3 rings (SSSR count). The molecule has 1 N–H and O–H groups in total. The second-order valence-electron chi connectivity index (χ2n) is 6.72. The summed E-state index contributed by atoms with van der Waals surface area (Å²) in [7, 11) is 5.50. The summed E-state index contributed by atoms with van der Waals surface area (Å²) in [6.45, 7) is 4.07. The highest BCUT2D eigenvalue weighted by molar-refractivity contribution is 7.09. The maximum absolute atomic E-state index is 5.34. The first-order chi connectivity index (χ1) is 14.1. The lowest BCUT2D eigenvalue weighted by atomic mass is 10.1. The molecule has 1 unspecified atom stereocenters. The molecule has 0 bridgehead atoms. The Kier molecular flexibility index (Phi) is 7.31. The summed E-state index contributed by atoms with van der Waals surface area (Å²) >= 11 is 1.62. The molecule has 0 aliphatic carbocycles. The van der Waals surface area contributed by atoms with Crippen LogP contribution in [-0.2, 0) is 24.4 Å². The Labute approximate surface area is 175 Å². The minimum absolute atomic E-state index is 0.0151. The molecule has 0 spiro atoms. The summed E-state index contributed by atoms with van der Waals surface area (Å²) in [6.07, 6.45) is 3.28. The number of benzene rings is 1. The third kappa shape index (κ3) is 5.85. The van der Waals surface area contributed by atoms with Gasteiger partial charge in [0.05, 0.1) is 18.8 Å². The average Bonchev–Trinajstić information content (AvgIpc) is 3.40. The van der Waals surface area contributed by atoms with Gasteiger partial charge in [0.2, 0.25) is 0 Å². The highest BCUT2D eigenvalue weighted by atomic mass is 32.1. The molecular formula is C20H27N7OS. The second-order valence-corrected chi connectivity index (χ2v) is 7.61. The normalized spacial score (nSPS) is 12.8. The summed E-state index contributed by atoms with van der Waals surface area (Å²) in [6, 6.07) is 8.42. The molecule has 0 fully saturated rings. The number of hydrogen-bond acceptors (Lipinski definition) is 6. The van der Waals surface area contributed by atoms with Crippen LogP contribution in [0.1, 0.15) is 34.9 Å². The Morgan fingerprint density at radius 3 is 2.93 bits per heavy atom. The maximum Gasteiger partial charge on any atom is 0.194 e. The lowest BCUT2D eigenvalue weighted by molar-refractivity contribution is 0.119. The molecule has 29 heavy (non-hydrogen) atoms. The van der Waals surface area contributed by atoms with Crippen molar-refractivity contribution >= 4 is 17.3 Å². The van der Waals surface area contributed by atoms with E-state index in [9.17, 15) is 0 Å². The molecule has 0 radical (unpaired) electrons. The number of nitrogens with one attached hydrogen (secondary N) is 1. The Morgan fingerprint density at radius 2 is 2.21 bits per heavy atom. The van der Waals surface area contributed by atoms with E-state index < -0.39 is 0 Å². The van der Waals surface area contributed by atoms with Crippen LogP contribution in [0.3, 0.4) is 0 Å². The van der Waals surface area contributed by atoms with Gasteiger partial charge in [0, 0.05) is 33.1 Å². The monoisotopic (exact) mass is 413 g/mol. The lowest BCUT2D eigenvalue weighted by Crippen LogP contribution is -2.38. The molecule has 154 valence electrons. The number of hydrogen-bond donors (Lipinski definition) is 1. The molecule has 1 atom stereocenters. The molecule has 0 aliphatic rings. The molecule has 8 nitrogen and oxygen atoms in total. The summed E-state index contributed by atoms with van der Waals surface area (Å²) < 4.78 is 7.15. The van der Waals surface area contributed by atoms with Crippen LogP contribution < -0.4 is 5.32 Å². The van der Waals surface area contributed by atoms with Crippen LogP contribution in [0.15, 0.2) is 47.3 Å². The first-order valence-electron chi connectivity index (χ1n) is 9.38. The van der Waals surface area contributed by atoms with Crippen molar-refractivity contribution in [2.75, 3.05) is 21.2 Å². The van der Waals surface area contributed by atoms with Gasteiger partial charge in [-0.3, -0.25) is 4.99 Å². The first kappa shape index (κ1) is 20.9. The largest absolute Gasteiger partial charge is 0.375 e. The van der Waals surface area contributed by atoms with Gasteiger partial charge in [-0.25, -0.2) is 14.6 Å². The van der Waals surface area contributed by atoms with Gasteiger partial charge in [0.15, 0.2) is 5.96 Å². The molecule has 9 heteroatoms. The van der Waals surface area contributed by atoms with Gasteiger partial charge in [-0.15, -0.1) is 11.3 Å². The van der Waals surface area contributed by atoms with Crippen molar-refractivity contribution in [2.45, 2.75) is 32.7 Å². The van der Waals surface area contributed by atoms with Gasteiger partial charge in [0.1, 0.15) is 23.8 Å². The zero-order chi connectivity index (χ0) is 20.6. The van der Waals surface area contributed by atoms with Crippen LogP contribution in [0, 0.1) is 0 Å². The number of methoxy groups -OCH3 is 1. The van der Waals surface area contributed by atoms with Crippen molar-refractivity contribution < 1.29 is 4.74 Å². The van der Waals surface area contributed by atoms with E-state index in [-0.39, 0.29) is 6.10 Å². The van der Waals surface area contributed by atoms with E-state index in [0.29, 0.717) is 19.6 Å². The Morgan fingerprint density at radius 1 is 1.38 bits per heavy atom. The van der Waals surface area contributed by atoms with E-state index in [4.69, 9.17) is 4.74 Å². The number of rotatable bonds is 8. The van der Waals surface area contributed by atoms with Crippen LogP contribution >= 0.6 is 11.3 Å². The van der Waals surface area contributed by atoms with E-state index in [1.165, 1.54) is 11.1 Å².